The normalized spacial score (nSPS) is 36.9. The lowest BCUT2D eigenvalue weighted by molar-refractivity contribution is 0.233. The summed E-state index contributed by atoms with van der Waals surface area (Å²) in [6, 6.07) is 0. The van der Waals surface area contributed by atoms with Crippen molar-refractivity contribution in [1.82, 2.24) is 0 Å². The summed E-state index contributed by atoms with van der Waals surface area (Å²) in [5.74, 6) is 4.12. The highest BCUT2D eigenvalue weighted by Crippen LogP contribution is 2.43. The van der Waals surface area contributed by atoms with Gasteiger partial charge in [0.05, 0.1) is 0 Å². The molecule has 0 aromatic carbocycles. The summed E-state index contributed by atoms with van der Waals surface area (Å²) in [5.41, 5.74) is 0.750. The first-order valence-electron chi connectivity index (χ1n) is 8.78. The van der Waals surface area contributed by atoms with E-state index in [4.69, 9.17) is 0 Å². The van der Waals surface area contributed by atoms with Crippen LogP contribution in [0.25, 0.3) is 0 Å². The molecule has 0 heteroatoms. The Morgan fingerprint density at radius 3 is 0.950 bits per heavy atom. The molecule has 122 valence electrons. The predicted molar refractivity (Wildman–Crippen MR) is 94.1 cm³/mol. The lowest BCUT2D eigenvalue weighted by atomic mass is 9.78. The van der Waals surface area contributed by atoms with E-state index < -0.39 is 0 Å². The smallest absolute Gasteiger partial charge is 0.0354 e. The van der Waals surface area contributed by atoms with Crippen LogP contribution < -0.4 is 0 Å². The monoisotopic (exact) mass is 282 g/mol. The minimum absolute atomic E-state index is 0. The Kier molecular flexibility index (Phi) is 9.11. The van der Waals surface area contributed by atoms with Crippen LogP contribution in [0, 0.1) is 29.1 Å². The van der Waals surface area contributed by atoms with E-state index in [0.29, 0.717) is 0 Å². The zero-order valence-electron chi connectivity index (χ0n) is 14.5. The third-order valence-electron chi connectivity index (χ3n) is 5.16. The van der Waals surface area contributed by atoms with Gasteiger partial charge in [0.25, 0.3) is 0 Å². The SMILES string of the molecule is C.CC1(C)CC1.CC1CC(C)C1.CC1CCC(C)CC1. The van der Waals surface area contributed by atoms with Gasteiger partial charge < -0.3 is 0 Å². The molecule has 0 aromatic rings. The van der Waals surface area contributed by atoms with Gasteiger partial charge in [-0.05, 0) is 54.8 Å². The van der Waals surface area contributed by atoms with Gasteiger partial charge in [-0.15, -0.1) is 0 Å². The lowest BCUT2D eigenvalue weighted by Crippen LogP contribution is -2.16. The molecule has 0 spiro atoms. The Morgan fingerprint density at radius 2 is 0.850 bits per heavy atom. The van der Waals surface area contributed by atoms with Crippen molar-refractivity contribution in [2.75, 3.05) is 0 Å². The molecule has 0 aromatic heterocycles. The average Bonchev–Trinajstić information content (AvgIpc) is 2.99. The largest absolute Gasteiger partial charge is 0.0776 e. The number of hydrogen-bond donors (Lipinski definition) is 0. The summed E-state index contributed by atoms with van der Waals surface area (Å²) in [5, 5.41) is 0. The molecule has 3 fully saturated rings. The van der Waals surface area contributed by atoms with Gasteiger partial charge in [0.1, 0.15) is 0 Å². The molecule has 0 nitrogen and oxygen atoms in total. The molecule has 3 rings (SSSR count). The van der Waals surface area contributed by atoms with Crippen LogP contribution in [-0.4, -0.2) is 0 Å². The maximum atomic E-state index is 2.37. The first kappa shape index (κ1) is 20.0. The molecule has 20 heavy (non-hydrogen) atoms. The summed E-state index contributed by atoms with van der Waals surface area (Å²) < 4.78 is 0. The molecule has 0 saturated heterocycles. The fourth-order valence-corrected chi connectivity index (χ4v) is 2.98. The zero-order chi connectivity index (χ0) is 14.5. The maximum Gasteiger partial charge on any atom is -0.0354 e. The van der Waals surface area contributed by atoms with Crippen LogP contribution in [0.15, 0.2) is 0 Å². The Morgan fingerprint density at radius 1 is 0.600 bits per heavy atom. The first-order valence-corrected chi connectivity index (χ1v) is 8.78. The van der Waals surface area contributed by atoms with Crippen LogP contribution in [0.5, 0.6) is 0 Å². The first-order chi connectivity index (χ1) is 8.78. The van der Waals surface area contributed by atoms with Crippen molar-refractivity contribution in [3.63, 3.8) is 0 Å². The van der Waals surface area contributed by atoms with Crippen LogP contribution in [0.2, 0.25) is 0 Å². The van der Waals surface area contributed by atoms with Gasteiger partial charge in [0.15, 0.2) is 0 Å². The zero-order valence-corrected chi connectivity index (χ0v) is 14.5. The molecule has 3 aliphatic rings. The Hall–Kier alpha value is 0. The maximum absolute atomic E-state index is 2.37. The van der Waals surface area contributed by atoms with E-state index in [1.54, 1.807) is 0 Å². The van der Waals surface area contributed by atoms with E-state index in [1.165, 1.54) is 51.4 Å². The van der Waals surface area contributed by atoms with Crippen molar-refractivity contribution in [2.24, 2.45) is 29.1 Å². The van der Waals surface area contributed by atoms with Crippen molar-refractivity contribution in [2.45, 2.75) is 100 Å². The average molecular weight is 283 g/mol. The van der Waals surface area contributed by atoms with E-state index >= 15 is 0 Å². The summed E-state index contributed by atoms with van der Waals surface area (Å²) >= 11 is 0. The standard InChI is InChI=1S/C8H16.C6H12.C5H10.CH4/c1-7-3-5-8(2)6-4-7;1-5-3-6(2)4-5;1-5(2)3-4-5;/h7-8H,3-6H2,1-2H3;5-6H,3-4H2,1-2H3;3-4H2,1-2H3;1H4. The molecule has 0 N–H and O–H groups in total. The molecular formula is C20H42. The summed E-state index contributed by atoms with van der Waals surface area (Å²) in [6.07, 6.45) is 11.7. The predicted octanol–water partition coefficient (Wildman–Crippen LogP) is 7.33. The molecule has 3 saturated carbocycles. The molecule has 0 aliphatic heterocycles. The highest BCUT2D eigenvalue weighted by molar-refractivity contribution is 4.82. The van der Waals surface area contributed by atoms with E-state index in [-0.39, 0.29) is 7.43 Å². The minimum Gasteiger partial charge on any atom is -0.0776 e. The molecule has 0 amide bonds. The minimum atomic E-state index is 0. The topological polar surface area (TPSA) is 0 Å². The molecule has 0 radical (unpaired) electrons. The van der Waals surface area contributed by atoms with E-state index in [2.05, 4.69) is 41.5 Å². The van der Waals surface area contributed by atoms with Crippen LogP contribution in [0.3, 0.4) is 0 Å². The Labute approximate surface area is 130 Å². The molecule has 0 bridgehead atoms. The fraction of sp³-hybridized carbons (Fsp3) is 1.00. The van der Waals surface area contributed by atoms with Gasteiger partial charge in [0, 0.05) is 0 Å². The van der Waals surface area contributed by atoms with Gasteiger partial charge in [-0.2, -0.15) is 0 Å². The van der Waals surface area contributed by atoms with Gasteiger partial charge in [0.2, 0.25) is 0 Å². The Balaban J connectivity index is 0.000000271. The summed E-state index contributed by atoms with van der Waals surface area (Å²) in [4.78, 5) is 0. The van der Waals surface area contributed by atoms with E-state index in [0.717, 1.165) is 29.1 Å². The van der Waals surface area contributed by atoms with Crippen LogP contribution in [0.4, 0.5) is 0 Å². The summed E-state index contributed by atoms with van der Waals surface area (Å²) in [6.45, 7) is 14.0. The second-order valence-corrected chi connectivity index (χ2v) is 8.71. The van der Waals surface area contributed by atoms with Crippen LogP contribution in [-0.2, 0) is 0 Å². The summed E-state index contributed by atoms with van der Waals surface area (Å²) in [7, 11) is 0. The van der Waals surface area contributed by atoms with Gasteiger partial charge >= 0.3 is 0 Å². The van der Waals surface area contributed by atoms with Crippen molar-refractivity contribution >= 4 is 0 Å². The van der Waals surface area contributed by atoms with Crippen molar-refractivity contribution < 1.29 is 0 Å². The molecule has 0 unspecified atom stereocenters. The van der Waals surface area contributed by atoms with E-state index in [9.17, 15) is 0 Å². The van der Waals surface area contributed by atoms with Gasteiger partial charge in [-0.3, -0.25) is 0 Å². The van der Waals surface area contributed by atoms with Crippen LogP contribution in [0.1, 0.15) is 100 Å². The van der Waals surface area contributed by atoms with E-state index in [1.807, 2.05) is 0 Å². The second-order valence-electron chi connectivity index (χ2n) is 8.71. The molecule has 0 atom stereocenters. The molecule has 3 aliphatic carbocycles. The molecule has 0 heterocycles. The van der Waals surface area contributed by atoms with Crippen molar-refractivity contribution in [3.8, 4) is 0 Å². The fourth-order valence-electron chi connectivity index (χ4n) is 2.98. The van der Waals surface area contributed by atoms with Gasteiger partial charge in [-0.25, -0.2) is 0 Å². The highest BCUT2D eigenvalue weighted by atomic mass is 14.4. The lowest BCUT2D eigenvalue weighted by Gasteiger charge is -2.28. The third kappa shape index (κ3) is 9.83. The highest BCUT2D eigenvalue weighted by Gasteiger charge is 2.30. The van der Waals surface area contributed by atoms with Crippen LogP contribution >= 0.6 is 0 Å². The van der Waals surface area contributed by atoms with Crippen molar-refractivity contribution in [1.29, 1.82) is 0 Å². The number of rotatable bonds is 0. The third-order valence-corrected chi connectivity index (χ3v) is 5.16. The Bertz CT molecular complexity index is 204. The number of hydrogen-bond acceptors (Lipinski definition) is 0. The molecular weight excluding hydrogens is 240 g/mol. The van der Waals surface area contributed by atoms with Gasteiger partial charge in [-0.1, -0.05) is 74.7 Å². The second kappa shape index (κ2) is 9.11. The quantitative estimate of drug-likeness (QED) is 0.436. The van der Waals surface area contributed by atoms with Crippen molar-refractivity contribution in [3.05, 3.63) is 0 Å².